The minimum Gasteiger partial charge on any atom is -0.497 e. The molecule has 8 heteroatoms. The maximum Gasteiger partial charge on any atom is 0.230 e. The highest BCUT2D eigenvalue weighted by atomic mass is 16.6. The normalized spacial score (nSPS) is 17.2. The number of hydrogen-bond donors (Lipinski definition) is 0. The maximum absolute atomic E-state index is 5.97. The Morgan fingerprint density at radius 2 is 2.04 bits per heavy atom. The zero-order valence-electron chi connectivity index (χ0n) is 16.6. The minimum absolute atomic E-state index is 0.196. The van der Waals surface area contributed by atoms with Crippen LogP contribution in [0.2, 0.25) is 0 Å². The number of likely N-dealkylation sites (tertiary alicyclic amines) is 1. The van der Waals surface area contributed by atoms with E-state index in [-0.39, 0.29) is 6.04 Å². The quantitative estimate of drug-likeness (QED) is 0.636. The number of methoxy groups -OCH3 is 2. The first-order valence-corrected chi connectivity index (χ1v) is 9.32. The minimum atomic E-state index is 0.196. The molecule has 4 rings (SSSR count). The Labute approximate surface area is 163 Å². The first kappa shape index (κ1) is 18.5. The van der Waals surface area contributed by atoms with E-state index in [0.29, 0.717) is 18.2 Å². The fourth-order valence-corrected chi connectivity index (χ4v) is 3.72. The van der Waals surface area contributed by atoms with Gasteiger partial charge in [0.15, 0.2) is 0 Å². The Bertz CT molecular complexity index is 965. The van der Waals surface area contributed by atoms with Crippen LogP contribution < -0.4 is 9.47 Å². The molecule has 1 aliphatic rings. The second kappa shape index (κ2) is 7.63. The number of nitrogens with zero attached hydrogens (tertiary/aromatic N) is 4. The van der Waals surface area contributed by atoms with Gasteiger partial charge in [-0.3, -0.25) is 4.90 Å². The Morgan fingerprint density at radius 1 is 1.18 bits per heavy atom. The summed E-state index contributed by atoms with van der Waals surface area (Å²) in [5, 5.41) is 8.03. The summed E-state index contributed by atoms with van der Waals surface area (Å²) < 4.78 is 21.6. The van der Waals surface area contributed by atoms with Crippen LogP contribution in [-0.4, -0.2) is 41.0 Å². The van der Waals surface area contributed by atoms with Crippen LogP contribution in [0, 0.1) is 13.8 Å². The van der Waals surface area contributed by atoms with E-state index in [1.165, 1.54) is 0 Å². The Hall–Kier alpha value is -2.87. The van der Waals surface area contributed by atoms with Gasteiger partial charge in [0, 0.05) is 12.6 Å². The van der Waals surface area contributed by atoms with Crippen molar-refractivity contribution in [1.82, 2.24) is 20.2 Å². The first-order chi connectivity index (χ1) is 13.6. The lowest BCUT2D eigenvalue weighted by molar-refractivity contribution is 0.228. The van der Waals surface area contributed by atoms with Crippen molar-refractivity contribution in [3.63, 3.8) is 0 Å². The number of aryl methyl sites for hydroxylation is 2. The predicted molar refractivity (Wildman–Crippen MR) is 101 cm³/mol. The highest BCUT2D eigenvalue weighted by Gasteiger charge is 2.31. The van der Waals surface area contributed by atoms with Gasteiger partial charge < -0.3 is 13.9 Å². The van der Waals surface area contributed by atoms with E-state index in [1.54, 1.807) is 14.2 Å². The largest absolute Gasteiger partial charge is 0.497 e. The van der Waals surface area contributed by atoms with Crippen LogP contribution in [0.4, 0.5) is 0 Å². The fraction of sp³-hybridized carbons (Fsp3) is 0.450. The van der Waals surface area contributed by atoms with Gasteiger partial charge in [0.05, 0.1) is 31.5 Å². The van der Waals surface area contributed by atoms with Crippen molar-refractivity contribution in [2.24, 2.45) is 0 Å². The van der Waals surface area contributed by atoms with E-state index in [2.05, 4.69) is 15.2 Å². The summed E-state index contributed by atoms with van der Waals surface area (Å²) in [6, 6.07) is 5.79. The molecule has 0 N–H and O–H groups in total. The van der Waals surface area contributed by atoms with Crippen LogP contribution in [0.1, 0.15) is 41.7 Å². The van der Waals surface area contributed by atoms with Crippen LogP contribution >= 0.6 is 0 Å². The van der Waals surface area contributed by atoms with Gasteiger partial charge >= 0.3 is 0 Å². The molecule has 8 nitrogen and oxygen atoms in total. The molecule has 3 heterocycles. The Morgan fingerprint density at radius 3 is 2.75 bits per heavy atom. The number of benzene rings is 1. The molecule has 3 aromatic rings. The van der Waals surface area contributed by atoms with Crippen molar-refractivity contribution in [2.75, 3.05) is 20.8 Å². The third-order valence-corrected chi connectivity index (χ3v) is 5.25. The zero-order chi connectivity index (χ0) is 19.7. The zero-order valence-corrected chi connectivity index (χ0v) is 16.6. The van der Waals surface area contributed by atoms with Gasteiger partial charge in [-0.05, 0) is 45.4 Å². The van der Waals surface area contributed by atoms with Crippen molar-refractivity contribution in [3.8, 4) is 23.0 Å². The highest BCUT2D eigenvalue weighted by Crippen LogP contribution is 2.36. The van der Waals surface area contributed by atoms with Gasteiger partial charge in [-0.1, -0.05) is 10.3 Å². The van der Waals surface area contributed by atoms with Crippen LogP contribution in [0.25, 0.3) is 11.5 Å². The number of ether oxygens (including phenoxy) is 2. The molecule has 0 spiro atoms. The molecule has 1 saturated heterocycles. The molecule has 0 amide bonds. The van der Waals surface area contributed by atoms with E-state index in [9.17, 15) is 0 Å². The van der Waals surface area contributed by atoms with Gasteiger partial charge in [-0.2, -0.15) is 0 Å². The summed E-state index contributed by atoms with van der Waals surface area (Å²) in [7, 11) is 3.25. The van der Waals surface area contributed by atoms with Crippen LogP contribution in [0.5, 0.6) is 11.5 Å². The molecule has 0 aliphatic carbocycles. The molecule has 1 atom stereocenters. The molecular weight excluding hydrogens is 360 g/mol. The molecule has 0 radical (unpaired) electrons. The van der Waals surface area contributed by atoms with E-state index >= 15 is 0 Å². The van der Waals surface area contributed by atoms with Gasteiger partial charge in [0.25, 0.3) is 0 Å². The molecule has 1 aromatic carbocycles. The summed E-state index contributed by atoms with van der Waals surface area (Å²) in [5.41, 5.74) is 3.47. The predicted octanol–water partition coefficient (Wildman–Crippen LogP) is 3.70. The second-order valence-electron chi connectivity index (χ2n) is 6.95. The molecule has 0 bridgehead atoms. The lowest BCUT2D eigenvalue weighted by Crippen LogP contribution is -2.24. The summed E-state index contributed by atoms with van der Waals surface area (Å²) >= 11 is 0. The monoisotopic (exact) mass is 384 g/mol. The molecule has 148 valence electrons. The number of hydrogen-bond acceptors (Lipinski definition) is 8. The average Bonchev–Trinajstić information content (AvgIpc) is 3.42. The van der Waals surface area contributed by atoms with E-state index in [0.717, 1.165) is 53.5 Å². The van der Waals surface area contributed by atoms with Gasteiger partial charge in [-0.15, -0.1) is 0 Å². The first-order valence-electron chi connectivity index (χ1n) is 9.32. The highest BCUT2D eigenvalue weighted by molar-refractivity contribution is 5.65. The van der Waals surface area contributed by atoms with Crippen LogP contribution in [0.3, 0.4) is 0 Å². The smallest absolute Gasteiger partial charge is 0.230 e. The van der Waals surface area contributed by atoms with Gasteiger partial charge in [0.2, 0.25) is 5.89 Å². The summed E-state index contributed by atoms with van der Waals surface area (Å²) in [6.45, 7) is 5.53. The van der Waals surface area contributed by atoms with E-state index < -0.39 is 0 Å². The SMILES string of the molecule is COc1ccc(-c2nc(CN3CCCC3c3nonc3C)c(C)o2)c(OC)c1. The molecular formula is C20H24N4O4. The third kappa shape index (κ3) is 3.35. The maximum atomic E-state index is 5.97. The standard InChI is InChI=1S/C20H24N4O4/c1-12-19(23-28-22-12)17-6-5-9-24(17)11-16-13(2)27-20(21-16)15-8-7-14(25-3)10-18(15)26-4/h7-8,10,17H,5-6,9,11H2,1-4H3. The third-order valence-electron chi connectivity index (χ3n) is 5.25. The molecule has 0 saturated carbocycles. The lowest BCUT2D eigenvalue weighted by Gasteiger charge is -2.21. The van der Waals surface area contributed by atoms with Gasteiger partial charge in [0.1, 0.15) is 28.6 Å². The van der Waals surface area contributed by atoms with Crippen LogP contribution in [0.15, 0.2) is 27.2 Å². The second-order valence-corrected chi connectivity index (χ2v) is 6.95. The molecule has 28 heavy (non-hydrogen) atoms. The average molecular weight is 384 g/mol. The number of rotatable bonds is 6. The lowest BCUT2D eigenvalue weighted by atomic mass is 10.1. The van der Waals surface area contributed by atoms with E-state index in [1.807, 2.05) is 32.0 Å². The van der Waals surface area contributed by atoms with Gasteiger partial charge in [-0.25, -0.2) is 9.61 Å². The van der Waals surface area contributed by atoms with E-state index in [4.69, 9.17) is 23.5 Å². The van der Waals surface area contributed by atoms with Crippen molar-refractivity contribution < 1.29 is 18.5 Å². The van der Waals surface area contributed by atoms with Crippen molar-refractivity contribution in [2.45, 2.75) is 39.3 Å². The summed E-state index contributed by atoms with van der Waals surface area (Å²) in [6.07, 6.45) is 2.14. The summed E-state index contributed by atoms with van der Waals surface area (Å²) in [5.74, 6) is 2.73. The molecule has 2 aromatic heterocycles. The van der Waals surface area contributed by atoms with Crippen molar-refractivity contribution >= 4 is 0 Å². The molecule has 1 aliphatic heterocycles. The topological polar surface area (TPSA) is 86.7 Å². The summed E-state index contributed by atoms with van der Waals surface area (Å²) in [4.78, 5) is 7.11. The van der Waals surface area contributed by atoms with Crippen molar-refractivity contribution in [1.29, 1.82) is 0 Å². The van der Waals surface area contributed by atoms with Crippen LogP contribution in [-0.2, 0) is 6.54 Å². The Kier molecular flexibility index (Phi) is 5.04. The van der Waals surface area contributed by atoms with Crippen molar-refractivity contribution in [3.05, 3.63) is 41.0 Å². The molecule has 1 unspecified atom stereocenters. The Balaban J connectivity index is 1.59. The number of oxazole rings is 1. The molecule has 1 fully saturated rings. The number of aromatic nitrogens is 3. The fourth-order valence-electron chi connectivity index (χ4n) is 3.72.